The maximum Gasteiger partial charge on any atom is 0.258 e. The summed E-state index contributed by atoms with van der Waals surface area (Å²) in [5, 5.41) is 11.6. The fourth-order valence-corrected chi connectivity index (χ4v) is 5.92. The Morgan fingerprint density at radius 3 is 2.44 bits per heavy atom. The Hall–Kier alpha value is -2.73. The number of hydrogen-bond acceptors (Lipinski definition) is 5. The average molecular weight is 467 g/mol. The predicted molar refractivity (Wildman–Crippen MR) is 135 cm³/mol. The van der Waals surface area contributed by atoms with Gasteiger partial charge in [-0.15, -0.1) is 0 Å². The molecule has 2 aromatic carbocycles. The summed E-state index contributed by atoms with van der Waals surface area (Å²) in [6.45, 7) is 6.73. The molecule has 184 valence electrons. The SMILES string of the molecule is CCN(CC)c1ccc([C@H]2[C@@H]3CCCC[C@@]3(O)CCN2C(=O)c2ccc(OC)cc2OC)cc1. The lowest BCUT2D eigenvalue weighted by atomic mass is 9.66. The van der Waals surface area contributed by atoms with E-state index in [1.807, 2.05) is 4.90 Å². The Kier molecular flexibility index (Phi) is 7.36. The van der Waals surface area contributed by atoms with Crippen molar-refractivity contribution in [3.05, 3.63) is 53.6 Å². The van der Waals surface area contributed by atoms with Gasteiger partial charge in [0, 0.05) is 37.3 Å². The number of benzene rings is 2. The van der Waals surface area contributed by atoms with E-state index < -0.39 is 5.60 Å². The fraction of sp³-hybridized carbons (Fsp3) is 0.536. The molecule has 0 spiro atoms. The molecule has 1 heterocycles. The highest BCUT2D eigenvalue weighted by Crippen LogP contribution is 2.50. The minimum absolute atomic E-state index is 0.0162. The maximum absolute atomic E-state index is 13.9. The summed E-state index contributed by atoms with van der Waals surface area (Å²) in [5.74, 6) is 1.11. The zero-order valence-corrected chi connectivity index (χ0v) is 20.9. The van der Waals surface area contributed by atoms with Crippen LogP contribution in [0.2, 0.25) is 0 Å². The molecule has 34 heavy (non-hydrogen) atoms. The lowest BCUT2D eigenvalue weighted by molar-refractivity contribution is -0.115. The van der Waals surface area contributed by atoms with E-state index in [1.54, 1.807) is 32.4 Å². The van der Waals surface area contributed by atoms with Crippen LogP contribution in [0.5, 0.6) is 11.5 Å². The van der Waals surface area contributed by atoms with E-state index in [0.717, 1.165) is 44.3 Å². The molecular formula is C28H38N2O4. The molecule has 0 bridgehead atoms. The predicted octanol–water partition coefficient (Wildman–Crippen LogP) is 5.06. The third-order valence-corrected chi connectivity index (χ3v) is 7.83. The third kappa shape index (κ3) is 4.48. The van der Waals surface area contributed by atoms with Gasteiger partial charge >= 0.3 is 0 Å². The highest BCUT2D eigenvalue weighted by Gasteiger charge is 2.50. The zero-order chi connectivity index (χ0) is 24.3. The van der Waals surface area contributed by atoms with Crippen LogP contribution in [0.4, 0.5) is 5.69 Å². The summed E-state index contributed by atoms with van der Waals surface area (Å²) in [6, 6.07) is 13.7. The van der Waals surface area contributed by atoms with Gasteiger partial charge in [-0.25, -0.2) is 0 Å². The van der Waals surface area contributed by atoms with Crippen LogP contribution in [0.3, 0.4) is 0 Å². The first-order chi connectivity index (χ1) is 16.5. The fourth-order valence-electron chi connectivity index (χ4n) is 5.92. The molecule has 0 aromatic heterocycles. The molecule has 1 amide bonds. The molecule has 1 aliphatic heterocycles. The summed E-state index contributed by atoms with van der Waals surface area (Å²) in [7, 11) is 3.17. The third-order valence-electron chi connectivity index (χ3n) is 7.83. The summed E-state index contributed by atoms with van der Waals surface area (Å²) < 4.78 is 10.9. The number of likely N-dealkylation sites (tertiary alicyclic amines) is 1. The lowest BCUT2D eigenvalue weighted by Crippen LogP contribution is -2.56. The number of rotatable bonds is 7. The van der Waals surface area contributed by atoms with Crippen LogP contribution in [0, 0.1) is 5.92 Å². The van der Waals surface area contributed by atoms with Gasteiger partial charge in [0.1, 0.15) is 11.5 Å². The van der Waals surface area contributed by atoms with E-state index in [0.29, 0.717) is 30.0 Å². The minimum atomic E-state index is -0.721. The van der Waals surface area contributed by atoms with Crippen LogP contribution < -0.4 is 14.4 Å². The second-order valence-corrected chi connectivity index (χ2v) is 9.48. The van der Waals surface area contributed by atoms with Crippen LogP contribution in [0.15, 0.2) is 42.5 Å². The number of aliphatic hydroxyl groups is 1. The molecule has 2 aromatic rings. The number of carbonyl (C=O) groups excluding carboxylic acids is 1. The van der Waals surface area contributed by atoms with Crippen molar-refractivity contribution in [2.75, 3.05) is 38.8 Å². The second-order valence-electron chi connectivity index (χ2n) is 9.48. The lowest BCUT2D eigenvalue weighted by Gasteiger charge is -2.52. The Bertz CT molecular complexity index is 988. The number of methoxy groups -OCH3 is 2. The van der Waals surface area contributed by atoms with Crippen LogP contribution in [-0.4, -0.2) is 55.4 Å². The van der Waals surface area contributed by atoms with E-state index in [1.165, 1.54) is 5.69 Å². The first kappa shape index (κ1) is 24.4. The van der Waals surface area contributed by atoms with Gasteiger partial charge in [-0.1, -0.05) is 25.0 Å². The van der Waals surface area contributed by atoms with Crippen LogP contribution >= 0.6 is 0 Å². The first-order valence-electron chi connectivity index (χ1n) is 12.6. The zero-order valence-electron chi connectivity index (χ0n) is 20.9. The molecule has 0 radical (unpaired) electrons. The van der Waals surface area contributed by atoms with Crippen molar-refractivity contribution in [2.45, 2.75) is 57.6 Å². The van der Waals surface area contributed by atoms with E-state index in [4.69, 9.17) is 9.47 Å². The molecule has 3 atom stereocenters. The first-order valence-corrected chi connectivity index (χ1v) is 12.6. The number of fused-ring (bicyclic) bond motifs is 1. The number of ether oxygens (including phenoxy) is 2. The van der Waals surface area contributed by atoms with Crippen LogP contribution in [0.1, 0.15) is 67.9 Å². The van der Waals surface area contributed by atoms with Crippen molar-refractivity contribution < 1.29 is 19.4 Å². The summed E-state index contributed by atoms with van der Waals surface area (Å²) in [4.78, 5) is 18.2. The highest BCUT2D eigenvalue weighted by molar-refractivity contribution is 5.97. The Morgan fingerprint density at radius 1 is 1.06 bits per heavy atom. The van der Waals surface area contributed by atoms with Crippen molar-refractivity contribution in [3.8, 4) is 11.5 Å². The van der Waals surface area contributed by atoms with Gasteiger partial charge in [-0.05, 0) is 62.9 Å². The van der Waals surface area contributed by atoms with E-state index in [2.05, 4.69) is 43.0 Å². The number of amides is 1. The van der Waals surface area contributed by atoms with Gasteiger partial charge in [0.2, 0.25) is 0 Å². The van der Waals surface area contributed by atoms with Gasteiger partial charge in [0.05, 0.1) is 31.4 Å². The van der Waals surface area contributed by atoms with E-state index in [-0.39, 0.29) is 17.9 Å². The van der Waals surface area contributed by atoms with Gasteiger partial charge in [-0.2, -0.15) is 0 Å². The summed E-state index contributed by atoms with van der Waals surface area (Å²) in [6.07, 6.45) is 4.45. The Labute approximate surface area is 203 Å². The maximum atomic E-state index is 13.9. The Balaban J connectivity index is 1.73. The molecule has 2 fully saturated rings. The molecular weight excluding hydrogens is 428 g/mol. The highest BCUT2D eigenvalue weighted by atomic mass is 16.5. The second kappa shape index (κ2) is 10.3. The largest absolute Gasteiger partial charge is 0.497 e. The molecule has 0 unspecified atom stereocenters. The quantitative estimate of drug-likeness (QED) is 0.618. The molecule has 1 aliphatic carbocycles. The van der Waals surface area contributed by atoms with Gasteiger partial charge in [-0.3, -0.25) is 4.79 Å². The molecule has 2 aliphatic rings. The van der Waals surface area contributed by atoms with Crippen LogP contribution in [0.25, 0.3) is 0 Å². The van der Waals surface area contributed by atoms with Gasteiger partial charge < -0.3 is 24.4 Å². The number of nitrogens with zero attached hydrogens (tertiary/aromatic N) is 2. The van der Waals surface area contributed by atoms with E-state index >= 15 is 0 Å². The normalized spacial score (nSPS) is 24.3. The summed E-state index contributed by atoms with van der Waals surface area (Å²) in [5.41, 5.74) is 2.07. The molecule has 1 saturated carbocycles. The monoisotopic (exact) mass is 466 g/mol. The molecule has 6 heteroatoms. The van der Waals surface area contributed by atoms with Crippen molar-refractivity contribution in [1.82, 2.24) is 4.90 Å². The summed E-state index contributed by atoms with van der Waals surface area (Å²) >= 11 is 0. The molecule has 6 nitrogen and oxygen atoms in total. The van der Waals surface area contributed by atoms with Gasteiger partial charge in [0.15, 0.2) is 0 Å². The number of carbonyl (C=O) groups is 1. The average Bonchev–Trinajstić information content (AvgIpc) is 2.88. The topological polar surface area (TPSA) is 62.2 Å². The van der Waals surface area contributed by atoms with Crippen LogP contribution in [-0.2, 0) is 0 Å². The van der Waals surface area contributed by atoms with Crippen molar-refractivity contribution in [2.24, 2.45) is 5.92 Å². The smallest absolute Gasteiger partial charge is 0.258 e. The molecule has 1 N–H and O–H groups in total. The van der Waals surface area contributed by atoms with Gasteiger partial charge in [0.25, 0.3) is 5.91 Å². The van der Waals surface area contributed by atoms with Crippen molar-refractivity contribution in [1.29, 1.82) is 0 Å². The number of hydrogen-bond donors (Lipinski definition) is 1. The minimum Gasteiger partial charge on any atom is -0.497 e. The number of piperidine rings is 1. The molecule has 1 saturated heterocycles. The van der Waals surface area contributed by atoms with Crippen molar-refractivity contribution >= 4 is 11.6 Å². The number of anilines is 1. The standard InChI is InChI=1S/C28H38N2O4/c1-5-29(6-2)21-12-10-20(11-13-21)26-24-9-7-8-16-28(24,32)17-18-30(26)27(31)23-15-14-22(33-3)19-25(23)34-4/h10-15,19,24,26,32H,5-9,16-18H2,1-4H3/t24-,26-,28+/m0/s1. The Morgan fingerprint density at radius 2 is 1.79 bits per heavy atom. The molecule has 4 rings (SSSR count). The van der Waals surface area contributed by atoms with Crippen molar-refractivity contribution in [3.63, 3.8) is 0 Å². The van der Waals surface area contributed by atoms with E-state index in [9.17, 15) is 9.90 Å².